The molecular weight excluding hydrogens is 268 g/mol. The maximum atomic E-state index is 11.6. The summed E-state index contributed by atoms with van der Waals surface area (Å²) in [6, 6.07) is 6.74. The lowest BCUT2D eigenvalue weighted by molar-refractivity contribution is 0.186. The van der Waals surface area contributed by atoms with E-state index in [0.717, 1.165) is 0 Å². The van der Waals surface area contributed by atoms with E-state index in [4.69, 9.17) is 15.6 Å². The predicted octanol–water partition coefficient (Wildman–Crippen LogP) is 0.338. The van der Waals surface area contributed by atoms with Gasteiger partial charge >= 0.3 is 0 Å². The molecule has 108 valence electrons. The van der Waals surface area contributed by atoms with E-state index in [1.807, 2.05) is 0 Å². The molecule has 0 aliphatic rings. The minimum Gasteiger partial charge on any atom is -0.492 e. The van der Waals surface area contributed by atoms with Gasteiger partial charge in [0.2, 0.25) is 10.0 Å². The van der Waals surface area contributed by atoms with E-state index in [0.29, 0.717) is 17.9 Å². The van der Waals surface area contributed by atoms with Gasteiger partial charge in [0.1, 0.15) is 12.4 Å². The summed E-state index contributed by atoms with van der Waals surface area (Å²) in [5.74, 6) is 0.449. The number of nitrogens with two attached hydrogens (primary N) is 1. The van der Waals surface area contributed by atoms with Crippen molar-refractivity contribution in [1.82, 2.24) is 4.72 Å². The Morgan fingerprint density at radius 2 is 2.00 bits per heavy atom. The molecule has 19 heavy (non-hydrogen) atoms. The fourth-order valence-electron chi connectivity index (χ4n) is 1.33. The quantitative estimate of drug-likeness (QED) is 0.599. The standard InChI is InChI=1S/C12H20N2O4S/c1-10(15)6-7-14-19(16,17)9-8-18-12-4-2-11(13)3-5-12/h2-5,10,14-15H,6-9,13H2,1H3. The van der Waals surface area contributed by atoms with Crippen LogP contribution in [0.5, 0.6) is 5.75 Å². The summed E-state index contributed by atoms with van der Waals surface area (Å²) in [5, 5.41) is 9.03. The maximum absolute atomic E-state index is 11.6. The van der Waals surface area contributed by atoms with Gasteiger partial charge in [-0.1, -0.05) is 0 Å². The average molecular weight is 288 g/mol. The molecule has 1 unspecified atom stereocenters. The summed E-state index contributed by atoms with van der Waals surface area (Å²) in [6.07, 6.45) is -0.133. The normalized spacial score (nSPS) is 13.2. The van der Waals surface area contributed by atoms with Crippen LogP contribution < -0.4 is 15.2 Å². The molecular formula is C12H20N2O4S. The highest BCUT2D eigenvalue weighted by molar-refractivity contribution is 7.89. The number of anilines is 1. The summed E-state index contributed by atoms with van der Waals surface area (Å²) in [6.45, 7) is 1.90. The van der Waals surface area contributed by atoms with Crippen LogP contribution in [-0.2, 0) is 10.0 Å². The number of nitrogen functional groups attached to an aromatic ring is 1. The van der Waals surface area contributed by atoms with Gasteiger partial charge in [-0.2, -0.15) is 0 Å². The first kappa shape index (κ1) is 15.7. The summed E-state index contributed by atoms with van der Waals surface area (Å²) in [5.41, 5.74) is 6.15. The van der Waals surface area contributed by atoms with Crippen LogP contribution in [0, 0.1) is 0 Å². The van der Waals surface area contributed by atoms with E-state index >= 15 is 0 Å². The molecule has 1 aromatic rings. The number of benzene rings is 1. The number of sulfonamides is 1. The smallest absolute Gasteiger partial charge is 0.214 e. The minimum atomic E-state index is -3.37. The number of aliphatic hydroxyl groups excluding tert-OH is 1. The molecule has 0 aromatic heterocycles. The first-order valence-corrected chi connectivity index (χ1v) is 7.68. The average Bonchev–Trinajstić information content (AvgIpc) is 2.30. The van der Waals surface area contributed by atoms with Crippen LogP contribution in [0.3, 0.4) is 0 Å². The number of nitrogens with one attached hydrogen (secondary N) is 1. The molecule has 4 N–H and O–H groups in total. The van der Waals surface area contributed by atoms with E-state index < -0.39 is 16.1 Å². The summed E-state index contributed by atoms with van der Waals surface area (Å²) >= 11 is 0. The second-order valence-electron chi connectivity index (χ2n) is 4.27. The molecule has 0 aliphatic carbocycles. The highest BCUT2D eigenvalue weighted by Gasteiger charge is 2.10. The lowest BCUT2D eigenvalue weighted by Gasteiger charge is -2.09. The van der Waals surface area contributed by atoms with Gasteiger partial charge in [-0.05, 0) is 37.6 Å². The monoisotopic (exact) mass is 288 g/mol. The van der Waals surface area contributed by atoms with Crippen molar-refractivity contribution in [2.75, 3.05) is 24.6 Å². The number of ether oxygens (including phenoxy) is 1. The van der Waals surface area contributed by atoms with Crippen LogP contribution >= 0.6 is 0 Å². The van der Waals surface area contributed by atoms with Crippen molar-refractivity contribution in [2.24, 2.45) is 0 Å². The molecule has 1 atom stereocenters. The fraction of sp³-hybridized carbons (Fsp3) is 0.500. The van der Waals surface area contributed by atoms with Gasteiger partial charge in [0.15, 0.2) is 0 Å². The van der Waals surface area contributed by atoms with Gasteiger partial charge in [0.05, 0.1) is 11.9 Å². The molecule has 1 aromatic carbocycles. The lowest BCUT2D eigenvalue weighted by Crippen LogP contribution is -2.31. The van der Waals surface area contributed by atoms with E-state index in [2.05, 4.69) is 4.72 Å². The Kier molecular flexibility index (Phi) is 6.07. The molecule has 7 heteroatoms. The number of aliphatic hydroxyl groups is 1. The van der Waals surface area contributed by atoms with Gasteiger partial charge in [-0.3, -0.25) is 0 Å². The van der Waals surface area contributed by atoms with E-state index in [-0.39, 0.29) is 18.9 Å². The molecule has 0 heterocycles. The predicted molar refractivity (Wildman–Crippen MR) is 74.4 cm³/mol. The zero-order chi connectivity index (χ0) is 14.3. The first-order valence-electron chi connectivity index (χ1n) is 6.03. The van der Waals surface area contributed by atoms with E-state index in [9.17, 15) is 8.42 Å². The number of hydrogen-bond acceptors (Lipinski definition) is 5. The third kappa shape index (κ3) is 7.00. The zero-order valence-corrected chi connectivity index (χ0v) is 11.7. The van der Waals surface area contributed by atoms with Crippen molar-refractivity contribution in [3.05, 3.63) is 24.3 Å². The summed E-state index contributed by atoms with van der Waals surface area (Å²) in [4.78, 5) is 0. The van der Waals surface area contributed by atoms with Crippen molar-refractivity contribution in [3.8, 4) is 5.75 Å². The topological polar surface area (TPSA) is 102 Å². The van der Waals surface area contributed by atoms with Crippen LogP contribution in [-0.4, -0.2) is 38.5 Å². The largest absolute Gasteiger partial charge is 0.492 e. The van der Waals surface area contributed by atoms with Gasteiger partial charge in [0, 0.05) is 12.2 Å². The third-order valence-electron chi connectivity index (χ3n) is 2.38. The molecule has 0 radical (unpaired) electrons. The molecule has 0 spiro atoms. The van der Waals surface area contributed by atoms with Crippen LogP contribution in [0.15, 0.2) is 24.3 Å². The molecule has 6 nitrogen and oxygen atoms in total. The molecule has 1 rings (SSSR count). The molecule has 0 bridgehead atoms. The second-order valence-corrected chi connectivity index (χ2v) is 6.19. The Labute approximate surface area is 113 Å². The molecule has 0 amide bonds. The van der Waals surface area contributed by atoms with Crippen LogP contribution in [0.2, 0.25) is 0 Å². The third-order valence-corrected chi connectivity index (χ3v) is 3.73. The van der Waals surface area contributed by atoms with E-state index in [1.54, 1.807) is 31.2 Å². The van der Waals surface area contributed by atoms with Crippen molar-refractivity contribution >= 4 is 15.7 Å². The number of rotatable bonds is 8. The Bertz CT molecular complexity index is 471. The van der Waals surface area contributed by atoms with Crippen LogP contribution in [0.25, 0.3) is 0 Å². The minimum absolute atomic E-state index is 0.0634. The second kappa shape index (κ2) is 7.32. The Morgan fingerprint density at radius 1 is 1.37 bits per heavy atom. The van der Waals surface area contributed by atoms with Crippen molar-refractivity contribution in [2.45, 2.75) is 19.4 Å². The van der Waals surface area contributed by atoms with Crippen LogP contribution in [0.1, 0.15) is 13.3 Å². The van der Waals surface area contributed by atoms with Gasteiger partial charge < -0.3 is 15.6 Å². The van der Waals surface area contributed by atoms with E-state index in [1.165, 1.54) is 0 Å². The Morgan fingerprint density at radius 3 is 2.58 bits per heavy atom. The van der Waals surface area contributed by atoms with Crippen molar-refractivity contribution in [3.63, 3.8) is 0 Å². The Balaban J connectivity index is 2.29. The van der Waals surface area contributed by atoms with Gasteiger partial charge in [0.25, 0.3) is 0 Å². The molecule has 0 saturated heterocycles. The van der Waals surface area contributed by atoms with Gasteiger partial charge in [-0.25, -0.2) is 13.1 Å². The maximum Gasteiger partial charge on any atom is 0.214 e. The van der Waals surface area contributed by atoms with Crippen molar-refractivity contribution < 1.29 is 18.3 Å². The summed E-state index contributed by atoms with van der Waals surface area (Å²) < 4.78 is 30.8. The Hall–Kier alpha value is -1.31. The number of hydrogen-bond donors (Lipinski definition) is 3. The molecule has 0 saturated carbocycles. The first-order chi connectivity index (χ1) is 8.89. The SMILES string of the molecule is CC(O)CCNS(=O)(=O)CCOc1ccc(N)cc1. The van der Waals surface area contributed by atoms with Crippen LogP contribution in [0.4, 0.5) is 5.69 Å². The molecule has 0 aliphatic heterocycles. The van der Waals surface area contributed by atoms with Gasteiger partial charge in [-0.15, -0.1) is 0 Å². The highest BCUT2D eigenvalue weighted by Crippen LogP contribution is 2.12. The lowest BCUT2D eigenvalue weighted by atomic mass is 10.3. The van der Waals surface area contributed by atoms with Crippen molar-refractivity contribution in [1.29, 1.82) is 0 Å². The fourth-order valence-corrected chi connectivity index (χ4v) is 2.20. The summed E-state index contributed by atoms with van der Waals surface area (Å²) in [7, 11) is -3.37. The zero-order valence-electron chi connectivity index (χ0n) is 10.9. The molecule has 0 fully saturated rings. The highest BCUT2D eigenvalue weighted by atomic mass is 32.2.